The van der Waals surface area contributed by atoms with E-state index in [1.165, 1.54) is 5.56 Å². The molecule has 11 heteroatoms. The lowest BCUT2D eigenvalue weighted by Crippen LogP contribution is -2.39. The van der Waals surface area contributed by atoms with Crippen LogP contribution in [0.4, 0.5) is 17.6 Å². The van der Waals surface area contributed by atoms with Crippen LogP contribution in [0.5, 0.6) is 0 Å². The van der Waals surface area contributed by atoms with Crippen molar-refractivity contribution in [3.63, 3.8) is 0 Å². The number of likely N-dealkylation sites (tertiary alicyclic amines) is 1. The zero-order valence-corrected chi connectivity index (χ0v) is 21.3. The van der Waals surface area contributed by atoms with E-state index in [9.17, 15) is 0 Å². The van der Waals surface area contributed by atoms with Crippen molar-refractivity contribution in [1.82, 2.24) is 29.9 Å². The van der Waals surface area contributed by atoms with Gasteiger partial charge in [0, 0.05) is 58.0 Å². The van der Waals surface area contributed by atoms with Crippen LogP contribution in [0.15, 0.2) is 42.6 Å². The largest absolute Gasteiger partial charge is 0.396 e. The van der Waals surface area contributed by atoms with Gasteiger partial charge in [-0.2, -0.15) is 9.97 Å². The van der Waals surface area contributed by atoms with Crippen molar-refractivity contribution in [3.8, 4) is 0 Å². The Hall–Kier alpha value is -3.28. The Kier molecular flexibility index (Phi) is 8.78. The van der Waals surface area contributed by atoms with E-state index in [-0.39, 0.29) is 6.61 Å². The van der Waals surface area contributed by atoms with Crippen molar-refractivity contribution >= 4 is 17.6 Å². The molecule has 3 N–H and O–H groups in total. The number of morpholine rings is 1. The Morgan fingerprint density at radius 2 is 1.84 bits per heavy atom. The Bertz CT molecular complexity index is 1100. The third kappa shape index (κ3) is 7.37. The van der Waals surface area contributed by atoms with E-state index in [1.54, 1.807) is 4.68 Å². The summed E-state index contributed by atoms with van der Waals surface area (Å²) in [6, 6.07) is 13.1. The van der Waals surface area contributed by atoms with Crippen LogP contribution in [0.25, 0.3) is 0 Å². The SMILES string of the molecule is OCCCn1cc(CNc2nc(NC3CCN(Cc4ccccc4)CC3)cc(N3CCOCC3)n2)nn1. The average Bonchev–Trinajstić information content (AvgIpc) is 3.41. The molecule has 0 spiro atoms. The molecule has 2 aromatic heterocycles. The van der Waals surface area contributed by atoms with Crippen LogP contribution in [-0.2, 0) is 24.4 Å². The second-order valence-corrected chi connectivity index (χ2v) is 9.62. The van der Waals surface area contributed by atoms with Gasteiger partial charge in [-0.25, -0.2) is 0 Å². The van der Waals surface area contributed by atoms with Crippen molar-refractivity contribution in [2.24, 2.45) is 0 Å². The Balaban J connectivity index is 1.21. The number of hydrogen-bond acceptors (Lipinski definition) is 10. The number of rotatable bonds is 11. The predicted octanol–water partition coefficient (Wildman–Crippen LogP) is 1.98. The number of aliphatic hydroxyl groups is 1. The zero-order valence-electron chi connectivity index (χ0n) is 21.3. The van der Waals surface area contributed by atoms with Gasteiger partial charge in [0.2, 0.25) is 5.95 Å². The molecule has 37 heavy (non-hydrogen) atoms. The summed E-state index contributed by atoms with van der Waals surface area (Å²) in [4.78, 5) is 14.3. The highest BCUT2D eigenvalue weighted by atomic mass is 16.5. The van der Waals surface area contributed by atoms with Gasteiger partial charge in [0.25, 0.3) is 0 Å². The third-order valence-electron chi connectivity index (χ3n) is 6.80. The molecule has 2 saturated heterocycles. The number of ether oxygens (including phenoxy) is 1. The topological polar surface area (TPSA) is 116 Å². The third-order valence-corrected chi connectivity index (χ3v) is 6.80. The minimum Gasteiger partial charge on any atom is -0.396 e. The molecule has 2 fully saturated rings. The van der Waals surface area contributed by atoms with Gasteiger partial charge in [-0.05, 0) is 24.8 Å². The van der Waals surface area contributed by atoms with Crippen LogP contribution >= 0.6 is 0 Å². The molecule has 0 amide bonds. The summed E-state index contributed by atoms with van der Waals surface area (Å²) >= 11 is 0. The van der Waals surface area contributed by atoms with Crippen LogP contribution in [0.2, 0.25) is 0 Å². The fourth-order valence-corrected chi connectivity index (χ4v) is 4.76. The molecule has 0 atom stereocenters. The molecule has 198 valence electrons. The minimum absolute atomic E-state index is 0.136. The van der Waals surface area contributed by atoms with E-state index in [0.717, 1.165) is 62.9 Å². The predicted molar refractivity (Wildman–Crippen MR) is 142 cm³/mol. The fraction of sp³-hybridized carbons (Fsp3) is 0.538. The highest BCUT2D eigenvalue weighted by Gasteiger charge is 2.21. The smallest absolute Gasteiger partial charge is 0.226 e. The molecule has 0 unspecified atom stereocenters. The molecular formula is C26H37N9O2. The molecule has 0 aliphatic carbocycles. The van der Waals surface area contributed by atoms with Gasteiger partial charge in [0.15, 0.2) is 0 Å². The number of anilines is 3. The van der Waals surface area contributed by atoms with E-state index < -0.39 is 0 Å². The number of piperidine rings is 1. The van der Waals surface area contributed by atoms with Crippen molar-refractivity contribution < 1.29 is 9.84 Å². The van der Waals surface area contributed by atoms with Crippen LogP contribution < -0.4 is 15.5 Å². The first-order chi connectivity index (χ1) is 18.2. The second-order valence-electron chi connectivity index (χ2n) is 9.62. The molecule has 1 aromatic carbocycles. The Morgan fingerprint density at radius 1 is 1.03 bits per heavy atom. The molecule has 0 radical (unpaired) electrons. The van der Waals surface area contributed by atoms with E-state index in [0.29, 0.717) is 44.7 Å². The number of nitrogens with zero attached hydrogens (tertiary/aromatic N) is 7. The van der Waals surface area contributed by atoms with Crippen molar-refractivity contribution in [3.05, 3.63) is 53.9 Å². The molecule has 0 saturated carbocycles. The Morgan fingerprint density at radius 3 is 2.62 bits per heavy atom. The van der Waals surface area contributed by atoms with Gasteiger partial charge in [-0.15, -0.1) is 5.10 Å². The van der Waals surface area contributed by atoms with E-state index in [1.807, 2.05) is 6.20 Å². The van der Waals surface area contributed by atoms with Crippen molar-refractivity contribution in [2.75, 3.05) is 61.5 Å². The van der Waals surface area contributed by atoms with E-state index >= 15 is 0 Å². The summed E-state index contributed by atoms with van der Waals surface area (Å²) in [5.41, 5.74) is 2.17. The van der Waals surface area contributed by atoms with Gasteiger partial charge < -0.3 is 25.4 Å². The zero-order chi connectivity index (χ0) is 25.3. The lowest BCUT2D eigenvalue weighted by Gasteiger charge is -2.33. The monoisotopic (exact) mass is 507 g/mol. The highest BCUT2D eigenvalue weighted by molar-refractivity contribution is 5.54. The highest BCUT2D eigenvalue weighted by Crippen LogP contribution is 2.23. The van der Waals surface area contributed by atoms with Crippen LogP contribution in [0.1, 0.15) is 30.5 Å². The number of aromatic nitrogens is 5. The van der Waals surface area contributed by atoms with E-state index in [2.05, 4.69) is 67.1 Å². The fourth-order valence-electron chi connectivity index (χ4n) is 4.76. The number of aryl methyl sites for hydroxylation is 1. The molecule has 11 nitrogen and oxygen atoms in total. The average molecular weight is 508 g/mol. The van der Waals surface area contributed by atoms with Crippen molar-refractivity contribution in [2.45, 2.75) is 44.9 Å². The summed E-state index contributed by atoms with van der Waals surface area (Å²) in [5, 5.41) is 24.4. The molecular weight excluding hydrogens is 470 g/mol. The molecule has 4 heterocycles. The standard InChI is InChI=1S/C26H37N9O2/c36-14-4-9-35-20-23(31-32-35)18-27-26-29-24(17-25(30-26)34-12-15-37-16-13-34)28-22-7-10-33(11-8-22)19-21-5-2-1-3-6-21/h1-3,5-6,17,20,22,36H,4,7-16,18-19H2,(H2,27,28,29,30). The van der Waals surface area contributed by atoms with Gasteiger partial charge in [0.05, 0.1) is 26.0 Å². The summed E-state index contributed by atoms with van der Waals surface area (Å²) in [5.74, 6) is 2.31. The number of aliphatic hydroxyl groups excluding tert-OH is 1. The number of benzene rings is 1. The summed E-state index contributed by atoms with van der Waals surface area (Å²) in [6.45, 7) is 7.40. The van der Waals surface area contributed by atoms with Crippen LogP contribution in [0.3, 0.4) is 0 Å². The lowest BCUT2D eigenvalue weighted by atomic mass is 10.0. The molecule has 0 bridgehead atoms. The van der Waals surface area contributed by atoms with Crippen LogP contribution in [0, 0.1) is 0 Å². The maximum atomic E-state index is 9.03. The van der Waals surface area contributed by atoms with Crippen LogP contribution in [-0.4, -0.2) is 87.0 Å². The molecule has 5 rings (SSSR count). The van der Waals surface area contributed by atoms with Gasteiger partial charge in [-0.3, -0.25) is 9.58 Å². The molecule has 3 aromatic rings. The summed E-state index contributed by atoms with van der Waals surface area (Å²) in [6.07, 6.45) is 4.69. The maximum Gasteiger partial charge on any atom is 0.226 e. The first-order valence-electron chi connectivity index (χ1n) is 13.2. The number of nitrogens with one attached hydrogen (secondary N) is 2. The summed E-state index contributed by atoms with van der Waals surface area (Å²) in [7, 11) is 0. The number of hydrogen-bond donors (Lipinski definition) is 3. The lowest BCUT2D eigenvalue weighted by molar-refractivity contribution is 0.122. The normalized spacial score (nSPS) is 17.2. The second kappa shape index (κ2) is 12.8. The maximum absolute atomic E-state index is 9.03. The van der Waals surface area contributed by atoms with Crippen molar-refractivity contribution in [1.29, 1.82) is 0 Å². The van der Waals surface area contributed by atoms with Gasteiger partial charge in [-0.1, -0.05) is 35.5 Å². The van der Waals surface area contributed by atoms with Gasteiger partial charge >= 0.3 is 0 Å². The van der Waals surface area contributed by atoms with Gasteiger partial charge in [0.1, 0.15) is 17.3 Å². The minimum atomic E-state index is 0.136. The first kappa shape index (κ1) is 25.4. The first-order valence-corrected chi connectivity index (χ1v) is 13.2. The summed E-state index contributed by atoms with van der Waals surface area (Å²) < 4.78 is 7.28. The quantitative estimate of drug-likeness (QED) is 0.356. The molecule has 2 aliphatic rings. The molecule has 2 aliphatic heterocycles. The Labute approximate surface area is 217 Å². The van der Waals surface area contributed by atoms with E-state index in [4.69, 9.17) is 19.8 Å².